The summed E-state index contributed by atoms with van der Waals surface area (Å²) < 4.78 is 10.00. The van der Waals surface area contributed by atoms with E-state index in [9.17, 15) is 9.59 Å². The second-order valence-corrected chi connectivity index (χ2v) is 3.71. The monoisotopic (exact) mass is 243 g/mol. The molecule has 0 radical (unpaired) electrons. The van der Waals surface area contributed by atoms with Gasteiger partial charge in [0.25, 0.3) is 0 Å². The van der Waals surface area contributed by atoms with E-state index in [1.165, 1.54) is 6.26 Å². The van der Waals surface area contributed by atoms with Crippen molar-refractivity contribution in [3.05, 3.63) is 12.8 Å². The Hall–Kier alpha value is -1.56. The number of carboxylic acids is 1. The molecule has 2 N–H and O–H groups in total. The van der Waals surface area contributed by atoms with Gasteiger partial charge in [-0.25, -0.2) is 4.79 Å². The van der Waals surface area contributed by atoms with Crippen LogP contribution in [0.5, 0.6) is 0 Å². The molecule has 1 aliphatic heterocycles. The van der Waals surface area contributed by atoms with Crippen LogP contribution in [0.4, 0.5) is 0 Å². The first-order chi connectivity index (χ1) is 8.15. The van der Waals surface area contributed by atoms with E-state index in [2.05, 4.69) is 11.9 Å². The lowest BCUT2D eigenvalue weighted by molar-refractivity contribution is -0.151. The van der Waals surface area contributed by atoms with E-state index >= 15 is 0 Å². The number of hydrogen-bond acceptors (Lipinski definition) is 4. The zero-order chi connectivity index (χ0) is 12.7. The molecule has 1 aliphatic rings. The molecule has 6 nitrogen and oxygen atoms in total. The molecule has 1 rings (SSSR count). The highest BCUT2D eigenvalue weighted by Gasteiger charge is 2.34. The van der Waals surface area contributed by atoms with Crippen LogP contribution in [-0.4, -0.2) is 42.3 Å². The quantitative estimate of drug-likeness (QED) is 0.495. The first kappa shape index (κ1) is 13.5. The average molecular weight is 243 g/mol. The normalized spacial score (nSPS) is 23.1. The Labute approximate surface area is 99.6 Å². The second-order valence-electron chi connectivity index (χ2n) is 3.71. The number of rotatable bonds is 7. The molecule has 0 aliphatic carbocycles. The zero-order valence-corrected chi connectivity index (χ0v) is 9.55. The lowest BCUT2D eigenvalue weighted by Gasteiger charge is -2.11. The van der Waals surface area contributed by atoms with E-state index in [0.717, 1.165) is 0 Å². The molecular weight excluding hydrogens is 226 g/mol. The SMILES string of the molecule is C=COCCCNC(=O)C1CCC(C(=O)O)O1. The summed E-state index contributed by atoms with van der Waals surface area (Å²) in [6, 6.07) is 0. The van der Waals surface area contributed by atoms with Gasteiger partial charge in [-0.1, -0.05) is 6.58 Å². The topological polar surface area (TPSA) is 84.9 Å². The van der Waals surface area contributed by atoms with Crippen molar-refractivity contribution in [2.24, 2.45) is 0 Å². The van der Waals surface area contributed by atoms with Gasteiger partial charge >= 0.3 is 5.97 Å². The van der Waals surface area contributed by atoms with Crippen LogP contribution in [0.2, 0.25) is 0 Å². The minimum Gasteiger partial charge on any atom is -0.502 e. The van der Waals surface area contributed by atoms with Crippen molar-refractivity contribution in [1.82, 2.24) is 5.32 Å². The minimum absolute atomic E-state index is 0.257. The van der Waals surface area contributed by atoms with Gasteiger partial charge in [0.15, 0.2) is 6.10 Å². The predicted octanol–water partition coefficient (Wildman–Crippen LogP) is 0.285. The van der Waals surface area contributed by atoms with Crippen molar-refractivity contribution in [1.29, 1.82) is 0 Å². The molecule has 0 aromatic rings. The van der Waals surface area contributed by atoms with Crippen LogP contribution < -0.4 is 5.32 Å². The Kier molecular flexibility index (Phi) is 5.48. The van der Waals surface area contributed by atoms with Crippen molar-refractivity contribution >= 4 is 11.9 Å². The van der Waals surface area contributed by atoms with Crippen molar-refractivity contribution in [3.63, 3.8) is 0 Å². The molecule has 1 heterocycles. The highest BCUT2D eigenvalue weighted by Crippen LogP contribution is 2.19. The molecule has 0 spiro atoms. The molecule has 0 aromatic heterocycles. The third-order valence-electron chi connectivity index (χ3n) is 2.44. The molecule has 17 heavy (non-hydrogen) atoms. The van der Waals surface area contributed by atoms with Gasteiger partial charge in [0, 0.05) is 6.54 Å². The van der Waals surface area contributed by atoms with Crippen LogP contribution in [-0.2, 0) is 19.1 Å². The molecule has 1 fully saturated rings. The smallest absolute Gasteiger partial charge is 0.332 e. The lowest BCUT2D eigenvalue weighted by atomic mass is 10.2. The van der Waals surface area contributed by atoms with E-state index in [4.69, 9.17) is 14.6 Å². The number of carboxylic acid groups (broad SMARTS) is 1. The fraction of sp³-hybridized carbons (Fsp3) is 0.636. The average Bonchev–Trinajstić information content (AvgIpc) is 2.78. The van der Waals surface area contributed by atoms with E-state index < -0.39 is 18.2 Å². The largest absolute Gasteiger partial charge is 0.502 e. The standard InChI is InChI=1S/C11H17NO5/c1-2-16-7-3-6-12-10(13)8-4-5-9(17-8)11(14)15/h2,8-9H,1,3-7H2,(H,12,13)(H,14,15). The summed E-state index contributed by atoms with van der Waals surface area (Å²) in [7, 11) is 0. The lowest BCUT2D eigenvalue weighted by Crippen LogP contribution is -2.36. The van der Waals surface area contributed by atoms with Gasteiger partial charge in [0.05, 0.1) is 12.9 Å². The number of carbonyl (C=O) groups excluding carboxylic acids is 1. The molecule has 1 saturated heterocycles. The predicted molar refractivity (Wildman–Crippen MR) is 59.3 cm³/mol. The number of nitrogens with one attached hydrogen (secondary N) is 1. The van der Waals surface area contributed by atoms with Gasteiger partial charge in [0.1, 0.15) is 6.10 Å². The molecule has 2 atom stereocenters. The molecule has 96 valence electrons. The van der Waals surface area contributed by atoms with Gasteiger partial charge in [-0.05, 0) is 19.3 Å². The first-order valence-electron chi connectivity index (χ1n) is 5.53. The van der Waals surface area contributed by atoms with Crippen LogP contribution in [0.3, 0.4) is 0 Å². The molecule has 1 amide bonds. The van der Waals surface area contributed by atoms with Gasteiger partial charge < -0.3 is 19.9 Å². The Balaban J connectivity index is 2.16. The third kappa shape index (κ3) is 4.44. The first-order valence-corrected chi connectivity index (χ1v) is 5.53. The van der Waals surface area contributed by atoms with Crippen LogP contribution >= 0.6 is 0 Å². The number of ether oxygens (including phenoxy) is 2. The van der Waals surface area contributed by atoms with Gasteiger partial charge in [-0.15, -0.1) is 0 Å². The molecule has 0 bridgehead atoms. The fourth-order valence-corrected chi connectivity index (χ4v) is 1.58. The Morgan fingerprint density at radius 1 is 1.47 bits per heavy atom. The van der Waals surface area contributed by atoms with E-state index in [1.807, 2.05) is 0 Å². The molecule has 2 unspecified atom stereocenters. The summed E-state index contributed by atoms with van der Waals surface area (Å²) in [5.41, 5.74) is 0. The van der Waals surface area contributed by atoms with Crippen LogP contribution in [0, 0.1) is 0 Å². The number of amides is 1. The number of aliphatic carboxylic acids is 1. The Bertz CT molecular complexity index is 292. The van der Waals surface area contributed by atoms with Crippen LogP contribution in [0.15, 0.2) is 12.8 Å². The van der Waals surface area contributed by atoms with Crippen molar-refractivity contribution in [2.75, 3.05) is 13.2 Å². The number of hydrogen-bond donors (Lipinski definition) is 2. The molecule has 6 heteroatoms. The Morgan fingerprint density at radius 2 is 2.18 bits per heavy atom. The fourth-order valence-electron chi connectivity index (χ4n) is 1.58. The minimum atomic E-state index is -1.01. The van der Waals surface area contributed by atoms with E-state index in [1.54, 1.807) is 0 Å². The van der Waals surface area contributed by atoms with Crippen molar-refractivity contribution in [3.8, 4) is 0 Å². The summed E-state index contributed by atoms with van der Waals surface area (Å²) in [5.74, 6) is -1.27. The molecular formula is C11H17NO5. The summed E-state index contributed by atoms with van der Waals surface area (Å²) in [5, 5.41) is 11.4. The summed E-state index contributed by atoms with van der Waals surface area (Å²) in [4.78, 5) is 22.2. The van der Waals surface area contributed by atoms with Crippen LogP contribution in [0.25, 0.3) is 0 Å². The van der Waals surface area contributed by atoms with E-state index in [0.29, 0.717) is 32.4 Å². The van der Waals surface area contributed by atoms with Crippen molar-refractivity contribution in [2.45, 2.75) is 31.5 Å². The summed E-state index contributed by atoms with van der Waals surface area (Å²) in [6.07, 6.45) is 1.36. The van der Waals surface area contributed by atoms with Gasteiger partial charge in [0.2, 0.25) is 5.91 Å². The van der Waals surface area contributed by atoms with Crippen molar-refractivity contribution < 1.29 is 24.2 Å². The number of carbonyl (C=O) groups is 2. The third-order valence-corrected chi connectivity index (χ3v) is 2.44. The zero-order valence-electron chi connectivity index (χ0n) is 9.55. The highest BCUT2D eigenvalue weighted by atomic mass is 16.5. The molecule has 0 saturated carbocycles. The maximum atomic E-state index is 11.6. The molecule has 0 aromatic carbocycles. The summed E-state index contributed by atoms with van der Waals surface area (Å²) >= 11 is 0. The van der Waals surface area contributed by atoms with Crippen LogP contribution in [0.1, 0.15) is 19.3 Å². The van der Waals surface area contributed by atoms with Gasteiger partial charge in [-0.3, -0.25) is 4.79 Å². The maximum absolute atomic E-state index is 11.6. The highest BCUT2D eigenvalue weighted by molar-refractivity contribution is 5.82. The maximum Gasteiger partial charge on any atom is 0.332 e. The van der Waals surface area contributed by atoms with Gasteiger partial charge in [-0.2, -0.15) is 0 Å². The Morgan fingerprint density at radius 3 is 2.76 bits per heavy atom. The second kappa shape index (κ2) is 6.90. The summed E-state index contributed by atoms with van der Waals surface area (Å²) in [6.45, 7) is 4.37. The van der Waals surface area contributed by atoms with E-state index in [-0.39, 0.29) is 5.91 Å².